The van der Waals surface area contributed by atoms with E-state index in [2.05, 4.69) is 5.32 Å². The maximum atomic E-state index is 12.9. The van der Waals surface area contributed by atoms with Crippen LogP contribution in [0.15, 0.2) is 42.0 Å². The quantitative estimate of drug-likeness (QED) is 0.260. The van der Waals surface area contributed by atoms with E-state index in [-0.39, 0.29) is 27.0 Å². The second-order valence-corrected chi connectivity index (χ2v) is 6.77. The lowest BCUT2D eigenvalue weighted by Gasteiger charge is -2.29. The van der Waals surface area contributed by atoms with Gasteiger partial charge in [-0.2, -0.15) is 0 Å². The Morgan fingerprint density at radius 1 is 1.14 bits per heavy atom. The molecular formula is C17H8Cl2N3O5S-. The lowest BCUT2D eigenvalue weighted by Crippen LogP contribution is -2.54. The van der Waals surface area contributed by atoms with Crippen molar-refractivity contribution in [2.75, 3.05) is 4.90 Å². The number of rotatable bonds is 3. The first-order chi connectivity index (χ1) is 13.2. The molecule has 0 aromatic heterocycles. The van der Waals surface area contributed by atoms with Crippen molar-refractivity contribution >= 4 is 69.8 Å². The van der Waals surface area contributed by atoms with Crippen LogP contribution >= 0.6 is 35.4 Å². The number of nitro groups is 1. The van der Waals surface area contributed by atoms with Crippen LogP contribution in [0.3, 0.4) is 0 Å². The molecule has 1 saturated heterocycles. The molecule has 0 atom stereocenters. The van der Waals surface area contributed by atoms with Crippen molar-refractivity contribution in [2.45, 2.75) is 0 Å². The smallest absolute Gasteiger partial charge is 0.270 e. The molecule has 0 aliphatic carbocycles. The topological polar surface area (TPSA) is 116 Å². The van der Waals surface area contributed by atoms with Crippen LogP contribution in [-0.4, -0.2) is 21.9 Å². The summed E-state index contributed by atoms with van der Waals surface area (Å²) in [6.07, 6.45) is 1.13. The zero-order valence-corrected chi connectivity index (χ0v) is 16.0. The van der Waals surface area contributed by atoms with Crippen LogP contribution in [0.4, 0.5) is 11.4 Å². The standard InChI is InChI=1S/C17H9Cl2N3O5S/c18-9-2-3-12(11(19)7-9)21-16(25)10(15(24)20-17(21)28)5-8-1-4-14(23)13(6-8)22(26)27/h1-7,23H,(H,20,24,28)/p-1/b10-5+. The molecule has 1 aliphatic rings. The monoisotopic (exact) mass is 436 g/mol. The van der Waals surface area contributed by atoms with Crippen LogP contribution < -0.4 is 15.3 Å². The Hall–Kier alpha value is -3.01. The number of carbonyl (C=O) groups excluding carboxylic acids is 2. The van der Waals surface area contributed by atoms with Gasteiger partial charge in [-0.1, -0.05) is 35.3 Å². The van der Waals surface area contributed by atoms with Gasteiger partial charge in [-0.25, -0.2) is 0 Å². The molecular weight excluding hydrogens is 429 g/mol. The normalized spacial score (nSPS) is 15.7. The minimum Gasteiger partial charge on any atom is -0.868 e. The molecule has 0 radical (unpaired) electrons. The first-order valence-corrected chi connectivity index (χ1v) is 8.67. The minimum absolute atomic E-state index is 0.125. The van der Waals surface area contributed by atoms with Crippen LogP contribution in [0.5, 0.6) is 5.75 Å². The molecule has 0 saturated carbocycles. The summed E-state index contributed by atoms with van der Waals surface area (Å²) in [5.74, 6) is -2.36. The molecule has 1 heterocycles. The van der Waals surface area contributed by atoms with E-state index in [9.17, 15) is 24.8 Å². The Labute approximate surface area is 173 Å². The molecule has 2 aromatic carbocycles. The van der Waals surface area contributed by atoms with E-state index in [1.807, 2.05) is 0 Å². The molecule has 0 unspecified atom stereocenters. The van der Waals surface area contributed by atoms with Crippen molar-refractivity contribution < 1.29 is 19.6 Å². The van der Waals surface area contributed by atoms with Crippen molar-refractivity contribution in [3.63, 3.8) is 0 Å². The Morgan fingerprint density at radius 2 is 1.86 bits per heavy atom. The van der Waals surface area contributed by atoms with Crippen LogP contribution in [0.25, 0.3) is 6.08 Å². The van der Waals surface area contributed by atoms with Gasteiger partial charge in [0.15, 0.2) is 5.11 Å². The highest BCUT2D eigenvalue weighted by atomic mass is 35.5. The maximum absolute atomic E-state index is 12.9. The highest BCUT2D eigenvalue weighted by Gasteiger charge is 2.35. The van der Waals surface area contributed by atoms with Crippen molar-refractivity contribution in [2.24, 2.45) is 0 Å². The molecule has 142 valence electrons. The lowest BCUT2D eigenvalue weighted by atomic mass is 10.1. The third kappa shape index (κ3) is 3.68. The number of nitrogens with zero attached hydrogens (tertiary/aromatic N) is 2. The largest absolute Gasteiger partial charge is 0.868 e. The third-order valence-corrected chi connectivity index (χ3v) is 4.57. The summed E-state index contributed by atoms with van der Waals surface area (Å²) in [7, 11) is 0. The van der Waals surface area contributed by atoms with Gasteiger partial charge in [0, 0.05) is 11.1 Å². The fourth-order valence-electron chi connectivity index (χ4n) is 2.47. The number of hydrogen-bond acceptors (Lipinski definition) is 6. The average Bonchev–Trinajstić information content (AvgIpc) is 2.61. The number of nitrogens with one attached hydrogen (secondary N) is 1. The Balaban J connectivity index is 2.06. The molecule has 11 heteroatoms. The predicted molar refractivity (Wildman–Crippen MR) is 105 cm³/mol. The molecule has 0 spiro atoms. The van der Waals surface area contributed by atoms with Gasteiger partial charge in [0.05, 0.1) is 15.6 Å². The second-order valence-electron chi connectivity index (χ2n) is 5.54. The molecule has 1 fully saturated rings. The fourth-order valence-corrected chi connectivity index (χ4v) is 3.24. The SMILES string of the molecule is O=C1NC(=S)N(c2ccc(Cl)cc2Cl)C(=O)/C1=C/c1ccc([O-])c([N+](=O)[O-])c1. The maximum Gasteiger partial charge on any atom is 0.270 e. The van der Waals surface area contributed by atoms with Crippen LogP contribution in [0.1, 0.15) is 5.56 Å². The molecule has 28 heavy (non-hydrogen) atoms. The summed E-state index contributed by atoms with van der Waals surface area (Å²) in [6, 6.07) is 7.58. The highest BCUT2D eigenvalue weighted by Crippen LogP contribution is 2.32. The van der Waals surface area contributed by atoms with E-state index in [0.29, 0.717) is 5.02 Å². The van der Waals surface area contributed by atoms with Crippen molar-refractivity contribution in [1.29, 1.82) is 0 Å². The zero-order chi connectivity index (χ0) is 20.6. The van der Waals surface area contributed by atoms with Crippen molar-refractivity contribution in [3.05, 3.63) is 67.7 Å². The van der Waals surface area contributed by atoms with Crippen LogP contribution in [0.2, 0.25) is 10.0 Å². The molecule has 2 aromatic rings. The number of nitro benzene ring substituents is 1. The fraction of sp³-hybridized carbons (Fsp3) is 0. The highest BCUT2D eigenvalue weighted by molar-refractivity contribution is 7.80. The number of anilines is 1. The number of hydrogen-bond donors (Lipinski definition) is 1. The van der Waals surface area contributed by atoms with E-state index < -0.39 is 28.2 Å². The second kappa shape index (κ2) is 7.55. The zero-order valence-electron chi connectivity index (χ0n) is 13.6. The van der Waals surface area contributed by atoms with Gasteiger partial charge in [-0.05, 0) is 47.8 Å². The molecule has 0 bridgehead atoms. The van der Waals surface area contributed by atoms with Gasteiger partial charge in [0.2, 0.25) is 0 Å². The number of amides is 2. The summed E-state index contributed by atoms with van der Waals surface area (Å²) >= 11 is 17.1. The first-order valence-electron chi connectivity index (χ1n) is 7.51. The van der Waals surface area contributed by atoms with Crippen molar-refractivity contribution in [1.82, 2.24) is 5.32 Å². The summed E-state index contributed by atoms with van der Waals surface area (Å²) in [5.41, 5.74) is -0.689. The Kier molecular flexibility index (Phi) is 5.32. The third-order valence-electron chi connectivity index (χ3n) is 3.74. The average molecular weight is 437 g/mol. The Bertz CT molecular complexity index is 1090. The van der Waals surface area contributed by atoms with Crippen LogP contribution in [0, 0.1) is 10.1 Å². The number of benzene rings is 2. The molecule has 1 N–H and O–H groups in total. The van der Waals surface area contributed by atoms with Crippen LogP contribution in [-0.2, 0) is 9.59 Å². The minimum atomic E-state index is -0.845. The van der Waals surface area contributed by atoms with E-state index in [0.717, 1.165) is 23.1 Å². The molecule has 2 amide bonds. The summed E-state index contributed by atoms with van der Waals surface area (Å²) in [4.78, 5) is 36.2. The van der Waals surface area contributed by atoms with E-state index in [1.165, 1.54) is 24.3 Å². The van der Waals surface area contributed by atoms with Gasteiger partial charge < -0.3 is 5.11 Å². The number of halogens is 2. The summed E-state index contributed by atoms with van der Waals surface area (Å²) < 4.78 is 0. The lowest BCUT2D eigenvalue weighted by molar-refractivity contribution is -0.398. The van der Waals surface area contributed by atoms with Gasteiger partial charge in [0.1, 0.15) is 5.57 Å². The molecule has 3 rings (SSSR count). The molecule has 8 nitrogen and oxygen atoms in total. The summed E-state index contributed by atoms with van der Waals surface area (Å²) in [5, 5.41) is 25.1. The van der Waals surface area contributed by atoms with Crippen molar-refractivity contribution in [3.8, 4) is 5.75 Å². The predicted octanol–water partition coefficient (Wildman–Crippen LogP) is 2.81. The number of thiocarbonyl (C=S) groups is 1. The van der Waals surface area contributed by atoms with E-state index >= 15 is 0 Å². The van der Waals surface area contributed by atoms with Gasteiger partial charge >= 0.3 is 0 Å². The van der Waals surface area contributed by atoms with E-state index in [1.54, 1.807) is 0 Å². The number of carbonyl (C=O) groups is 2. The Morgan fingerprint density at radius 3 is 2.50 bits per heavy atom. The molecule has 1 aliphatic heterocycles. The van der Waals surface area contributed by atoms with Gasteiger partial charge in [0.25, 0.3) is 17.5 Å². The summed E-state index contributed by atoms with van der Waals surface area (Å²) in [6.45, 7) is 0. The van der Waals surface area contributed by atoms with E-state index in [4.69, 9.17) is 35.4 Å². The first kappa shape index (κ1) is 19.7. The van der Waals surface area contributed by atoms with Gasteiger partial charge in [-0.3, -0.25) is 29.9 Å². The van der Waals surface area contributed by atoms with Gasteiger partial charge in [-0.15, -0.1) is 0 Å².